The monoisotopic (exact) mass is 337 g/mol. The largest absolute Gasteiger partial charge is 0.454 e. The van der Waals surface area contributed by atoms with Gasteiger partial charge in [0.1, 0.15) is 0 Å². The van der Waals surface area contributed by atoms with Crippen molar-refractivity contribution >= 4 is 23.4 Å². The van der Waals surface area contributed by atoms with E-state index in [0.29, 0.717) is 27.8 Å². The van der Waals surface area contributed by atoms with Crippen LogP contribution in [0.4, 0.5) is 14.5 Å². The van der Waals surface area contributed by atoms with E-state index < -0.39 is 11.6 Å². The molecule has 0 aromatic heterocycles. The van der Waals surface area contributed by atoms with Gasteiger partial charge in [0.25, 0.3) is 0 Å². The van der Waals surface area contributed by atoms with Crippen LogP contribution in [-0.2, 0) is 4.79 Å². The minimum atomic E-state index is -0.889. The van der Waals surface area contributed by atoms with E-state index in [1.807, 2.05) is 0 Å². The normalized spacial score (nSPS) is 12.3. The first-order valence-electron chi connectivity index (χ1n) is 6.89. The van der Waals surface area contributed by atoms with E-state index in [2.05, 4.69) is 5.32 Å². The van der Waals surface area contributed by atoms with E-state index >= 15 is 0 Å². The van der Waals surface area contributed by atoms with Crippen molar-refractivity contribution in [1.29, 1.82) is 0 Å². The Morgan fingerprint density at radius 1 is 1.09 bits per heavy atom. The SMILES string of the molecule is O=C(CCSc1ccc(F)c(F)c1)Nc1ccc2c(c1)OCO2. The number of carbonyl (C=O) groups is 1. The Morgan fingerprint density at radius 2 is 1.91 bits per heavy atom. The van der Waals surface area contributed by atoms with Crippen LogP contribution in [0.25, 0.3) is 0 Å². The molecule has 120 valence electrons. The van der Waals surface area contributed by atoms with E-state index in [0.717, 1.165) is 12.1 Å². The standard InChI is InChI=1S/C16H13F2NO3S/c17-12-3-2-11(8-13(12)18)23-6-5-16(20)19-10-1-4-14-15(7-10)22-9-21-14/h1-4,7-8H,5-6,9H2,(H,19,20). The molecule has 0 radical (unpaired) electrons. The highest BCUT2D eigenvalue weighted by Gasteiger charge is 2.14. The lowest BCUT2D eigenvalue weighted by molar-refractivity contribution is -0.115. The van der Waals surface area contributed by atoms with E-state index in [-0.39, 0.29) is 19.1 Å². The molecule has 1 amide bonds. The van der Waals surface area contributed by atoms with Crippen molar-refractivity contribution in [2.24, 2.45) is 0 Å². The number of carbonyl (C=O) groups excluding carboxylic acids is 1. The van der Waals surface area contributed by atoms with E-state index in [1.165, 1.54) is 17.8 Å². The molecule has 7 heteroatoms. The summed E-state index contributed by atoms with van der Waals surface area (Å²) in [5.74, 6) is -0.230. The van der Waals surface area contributed by atoms with Gasteiger partial charge in [-0.1, -0.05) is 0 Å². The summed E-state index contributed by atoms with van der Waals surface area (Å²) in [5.41, 5.74) is 0.622. The average molecular weight is 337 g/mol. The molecule has 23 heavy (non-hydrogen) atoms. The molecule has 0 atom stereocenters. The first-order valence-corrected chi connectivity index (χ1v) is 7.88. The Balaban J connectivity index is 1.49. The summed E-state index contributed by atoms with van der Waals surface area (Å²) in [6, 6.07) is 8.84. The van der Waals surface area contributed by atoms with Crippen LogP contribution in [0.2, 0.25) is 0 Å². The second kappa shape index (κ2) is 6.87. The van der Waals surface area contributed by atoms with Crippen LogP contribution in [0.5, 0.6) is 11.5 Å². The Morgan fingerprint density at radius 3 is 2.74 bits per heavy atom. The second-order valence-corrected chi connectivity index (χ2v) is 5.96. The van der Waals surface area contributed by atoms with Crippen molar-refractivity contribution in [3.05, 3.63) is 48.0 Å². The Kier molecular flexibility index (Phi) is 4.66. The molecular formula is C16H13F2NO3S. The lowest BCUT2D eigenvalue weighted by atomic mass is 10.2. The first kappa shape index (κ1) is 15.6. The number of hydrogen-bond acceptors (Lipinski definition) is 4. The molecule has 0 unspecified atom stereocenters. The second-order valence-electron chi connectivity index (χ2n) is 4.79. The number of benzene rings is 2. The van der Waals surface area contributed by atoms with Crippen molar-refractivity contribution in [2.45, 2.75) is 11.3 Å². The molecule has 1 aliphatic rings. The topological polar surface area (TPSA) is 47.6 Å². The zero-order valence-corrected chi connectivity index (χ0v) is 12.8. The predicted octanol–water partition coefficient (Wildman–Crippen LogP) is 3.81. The van der Waals surface area contributed by atoms with Crippen molar-refractivity contribution in [2.75, 3.05) is 17.9 Å². The zero-order valence-electron chi connectivity index (χ0n) is 12.0. The first-order chi connectivity index (χ1) is 11.1. The van der Waals surface area contributed by atoms with E-state index in [4.69, 9.17) is 9.47 Å². The zero-order chi connectivity index (χ0) is 16.2. The summed E-state index contributed by atoms with van der Waals surface area (Å²) in [7, 11) is 0. The van der Waals surface area contributed by atoms with Crippen molar-refractivity contribution in [3.8, 4) is 11.5 Å². The highest BCUT2D eigenvalue weighted by molar-refractivity contribution is 7.99. The van der Waals surface area contributed by atoms with Gasteiger partial charge < -0.3 is 14.8 Å². The third-order valence-corrected chi connectivity index (χ3v) is 4.14. The number of rotatable bonds is 5. The number of hydrogen-bond donors (Lipinski definition) is 1. The summed E-state index contributed by atoms with van der Waals surface area (Å²) in [5, 5.41) is 2.76. The molecule has 0 saturated heterocycles. The lowest BCUT2D eigenvalue weighted by Gasteiger charge is -2.06. The number of amides is 1. The molecule has 0 bridgehead atoms. The van der Waals surface area contributed by atoms with Crippen LogP contribution in [0.1, 0.15) is 6.42 Å². The predicted molar refractivity (Wildman–Crippen MR) is 82.9 cm³/mol. The van der Waals surface area contributed by atoms with Crippen LogP contribution < -0.4 is 14.8 Å². The van der Waals surface area contributed by atoms with Gasteiger partial charge >= 0.3 is 0 Å². The molecule has 2 aromatic rings. The fourth-order valence-corrected chi connectivity index (χ4v) is 2.90. The molecule has 4 nitrogen and oxygen atoms in total. The number of fused-ring (bicyclic) bond motifs is 1. The van der Waals surface area contributed by atoms with Gasteiger partial charge in [-0.15, -0.1) is 11.8 Å². The fraction of sp³-hybridized carbons (Fsp3) is 0.188. The molecule has 1 aliphatic heterocycles. The van der Waals surface area contributed by atoms with Crippen LogP contribution >= 0.6 is 11.8 Å². The highest BCUT2D eigenvalue weighted by atomic mass is 32.2. The molecule has 0 saturated carbocycles. The smallest absolute Gasteiger partial charge is 0.231 e. The minimum absolute atomic E-state index is 0.168. The van der Waals surface area contributed by atoms with E-state index in [9.17, 15) is 13.6 Å². The van der Waals surface area contributed by atoms with E-state index in [1.54, 1.807) is 18.2 Å². The summed E-state index contributed by atoms with van der Waals surface area (Å²) >= 11 is 1.29. The summed E-state index contributed by atoms with van der Waals surface area (Å²) in [6.45, 7) is 0.178. The Bertz CT molecular complexity index is 739. The summed E-state index contributed by atoms with van der Waals surface area (Å²) < 4.78 is 36.3. The maximum atomic E-state index is 13.1. The van der Waals surface area contributed by atoms with Crippen LogP contribution in [0, 0.1) is 11.6 Å². The van der Waals surface area contributed by atoms with Gasteiger partial charge in [0, 0.05) is 28.8 Å². The van der Waals surface area contributed by atoms with Crippen LogP contribution in [-0.4, -0.2) is 18.5 Å². The van der Waals surface area contributed by atoms with Gasteiger partial charge in [-0.05, 0) is 30.3 Å². The van der Waals surface area contributed by atoms with Crippen molar-refractivity contribution in [3.63, 3.8) is 0 Å². The summed E-state index contributed by atoms with van der Waals surface area (Å²) in [4.78, 5) is 12.5. The number of ether oxygens (including phenoxy) is 2. The maximum Gasteiger partial charge on any atom is 0.231 e. The van der Waals surface area contributed by atoms with Gasteiger partial charge in [0.2, 0.25) is 12.7 Å². The minimum Gasteiger partial charge on any atom is -0.454 e. The molecule has 1 N–H and O–H groups in total. The van der Waals surface area contributed by atoms with Crippen LogP contribution in [0.15, 0.2) is 41.3 Å². The molecular weight excluding hydrogens is 324 g/mol. The molecule has 1 heterocycles. The van der Waals surface area contributed by atoms with Gasteiger partial charge in [0.05, 0.1) is 0 Å². The number of halogens is 2. The molecule has 0 spiro atoms. The molecule has 2 aromatic carbocycles. The average Bonchev–Trinajstić information content (AvgIpc) is 2.98. The molecule has 0 fully saturated rings. The van der Waals surface area contributed by atoms with Crippen molar-refractivity contribution < 1.29 is 23.0 Å². The van der Waals surface area contributed by atoms with Gasteiger partial charge in [-0.25, -0.2) is 8.78 Å². The number of nitrogens with one attached hydrogen (secondary N) is 1. The maximum absolute atomic E-state index is 13.1. The molecule has 0 aliphatic carbocycles. The van der Waals surface area contributed by atoms with Gasteiger partial charge in [0.15, 0.2) is 23.1 Å². The fourth-order valence-electron chi connectivity index (χ4n) is 2.03. The third-order valence-electron chi connectivity index (χ3n) is 3.15. The highest BCUT2D eigenvalue weighted by Crippen LogP contribution is 2.34. The Labute approximate surface area is 135 Å². The van der Waals surface area contributed by atoms with Gasteiger partial charge in [-0.3, -0.25) is 4.79 Å². The van der Waals surface area contributed by atoms with Crippen molar-refractivity contribution in [1.82, 2.24) is 0 Å². The number of anilines is 1. The summed E-state index contributed by atoms with van der Waals surface area (Å²) in [6.07, 6.45) is 0.248. The van der Waals surface area contributed by atoms with Gasteiger partial charge in [-0.2, -0.15) is 0 Å². The number of thioether (sulfide) groups is 1. The lowest BCUT2D eigenvalue weighted by Crippen LogP contribution is -2.12. The third kappa shape index (κ3) is 3.92. The molecule has 3 rings (SSSR count). The quantitative estimate of drug-likeness (QED) is 0.843. The van der Waals surface area contributed by atoms with Crippen LogP contribution in [0.3, 0.4) is 0 Å². The Hall–Kier alpha value is -2.28.